The number of thiophene rings is 1. The van der Waals surface area contributed by atoms with Crippen molar-refractivity contribution in [1.29, 1.82) is 0 Å². The predicted molar refractivity (Wildman–Crippen MR) is 149 cm³/mol. The Morgan fingerprint density at radius 1 is 0.974 bits per heavy atom. The first kappa shape index (κ1) is 25.1. The predicted octanol–water partition coefficient (Wildman–Crippen LogP) is 5.99. The van der Waals surface area contributed by atoms with E-state index in [1.54, 1.807) is 47.8 Å². The molecule has 0 spiro atoms. The van der Waals surface area contributed by atoms with Crippen molar-refractivity contribution in [2.45, 2.75) is 32.6 Å². The van der Waals surface area contributed by atoms with Crippen LogP contribution in [0.3, 0.4) is 0 Å². The number of carbonyl (C=O) groups is 4. The molecule has 7 nitrogen and oxygen atoms in total. The first-order valence-corrected chi connectivity index (χ1v) is 13.9. The lowest BCUT2D eigenvalue weighted by Crippen LogP contribution is -2.30. The van der Waals surface area contributed by atoms with E-state index in [0.29, 0.717) is 32.7 Å². The molecule has 8 heteroatoms. The number of benzene rings is 2. The van der Waals surface area contributed by atoms with Crippen molar-refractivity contribution in [1.82, 2.24) is 4.98 Å². The molecule has 0 N–H and O–H groups in total. The van der Waals surface area contributed by atoms with Crippen LogP contribution in [0, 0.1) is 18.8 Å². The average Bonchev–Trinajstić information content (AvgIpc) is 3.58. The number of hydrogen-bond acceptors (Lipinski definition) is 7. The summed E-state index contributed by atoms with van der Waals surface area (Å²) in [5, 5.41) is 2.44. The summed E-state index contributed by atoms with van der Waals surface area (Å²) in [7, 11) is 0. The highest BCUT2D eigenvalue weighted by Gasteiger charge is 2.48. The molecular formula is C31H26N2O5S. The Morgan fingerprint density at radius 2 is 1.69 bits per heavy atom. The Kier molecular flexibility index (Phi) is 6.56. The molecule has 2 aromatic carbocycles. The van der Waals surface area contributed by atoms with Crippen LogP contribution < -0.4 is 4.90 Å². The summed E-state index contributed by atoms with van der Waals surface area (Å²) in [6, 6.07) is 17.9. The van der Waals surface area contributed by atoms with E-state index in [4.69, 9.17) is 9.72 Å². The fraction of sp³-hybridized carbons (Fsp3) is 0.258. The van der Waals surface area contributed by atoms with Crippen molar-refractivity contribution in [2.24, 2.45) is 11.8 Å². The number of aromatic nitrogens is 1. The van der Waals surface area contributed by atoms with E-state index in [1.165, 1.54) is 16.2 Å². The lowest BCUT2D eigenvalue weighted by molar-refractivity contribution is -0.122. The minimum absolute atomic E-state index is 0.112. The van der Waals surface area contributed by atoms with Crippen molar-refractivity contribution in [3.8, 4) is 11.3 Å². The molecule has 0 unspecified atom stereocenters. The number of amides is 2. The standard InChI is InChI=1S/C31H26N2O5S/c1-18-8-13-25-23(15-18)24(31(37)38-17-27(34)28-7-4-14-39-28)16-26(32-25)19-9-11-20(12-10-19)33-29(35)21-5-2-3-6-22(21)30(33)36/h4,7-16,21-22H,2-3,5-6,17H2,1H3/t21-,22-/m1/s1. The number of imide groups is 1. The van der Waals surface area contributed by atoms with Gasteiger partial charge in [0.05, 0.1) is 39.2 Å². The molecule has 6 rings (SSSR count). The van der Waals surface area contributed by atoms with Crippen LogP contribution in [0.15, 0.2) is 66.0 Å². The van der Waals surface area contributed by atoms with Gasteiger partial charge in [-0.2, -0.15) is 0 Å². The molecule has 2 fully saturated rings. The Morgan fingerprint density at radius 3 is 2.36 bits per heavy atom. The zero-order valence-corrected chi connectivity index (χ0v) is 22.2. The highest BCUT2D eigenvalue weighted by atomic mass is 32.1. The van der Waals surface area contributed by atoms with Gasteiger partial charge in [0.2, 0.25) is 17.6 Å². The molecule has 0 radical (unpaired) electrons. The van der Waals surface area contributed by atoms with E-state index in [-0.39, 0.29) is 36.0 Å². The topological polar surface area (TPSA) is 93.6 Å². The summed E-state index contributed by atoms with van der Waals surface area (Å²) in [6.07, 6.45) is 3.49. The second-order valence-electron chi connectivity index (χ2n) is 10.1. The molecule has 1 saturated heterocycles. The van der Waals surface area contributed by atoms with Gasteiger partial charge in [-0.3, -0.25) is 19.3 Å². The maximum absolute atomic E-state index is 13.2. The molecule has 1 aliphatic heterocycles. The van der Waals surface area contributed by atoms with E-state index in [9.17, 15) is 19.2 Å². The largest absolute Gasteiger partial charge is 0.454 e. The molecule has 3 heterocycles. The number of ketones is 1. The van der Waals surface area contributed by atoms with Crippen LogP contribution in [0.5, 0.6) is 0 Å². The Bertz CT molecular complexity index is 1590. The molecular weight excluding hydrogens is 512 g/mol. The first-order chi connectivity index (χ1) is 18.9. The summed E-state index contributed by atoms with van der Waals surface area (Å²) >= 11 is 1.30. The monoisotopic (exact) mass is 538 g/mol. The Hall–Kier alpha value is -4.17. The molecule has 2 aromatic heterocycles. The quantitative estimate of drug-likeness (QED) is 0.170. The van der Waals surface area contributed by atoms with Crippen molar-refractivity contribution in [2.75, 3.05) is 11.5 Å². The first-order valence-electron chi connectivity index (χ1n) is 13.0. The lowest BCUT2D eigenvalue weighted by atomic mass is 9.81. The fourth-order valence-corrected chi connectivity index (χ4v) is 6.22. The van der Waals surface area contributed by atoms with Crippen LogP contribution in [0.2, 0.25) is 0 Å². The number of esters is 1. The third-order valence-electron chi connectivity index (χ3n) is 7.58. The Balaban J connectivity index is 1.30. The summed E-state index contributed by atoms with van der Waals surface area (Å²) in [5.74, 6) is -1.51. The third-order valence-corrected chi connectivity index (χ3v) is 8.49. The number of nitrogens with zero attached hydrogens (tertiary/aromatic N) is 2. The van der Waals surface area contributed by atoms with E-state index in [2.05, 4.69) is 0 Å². The number of ether oxygens (including phenoxy) is 1. The van der Waals surface area contributed by atoms with E-state index in [1.807, 2.05) is 25.1 Å². The second kappa shape index (κ2) is 10.2. The fourth-order valence-electron chi connectivity index (χ4n) is 5.57. The van der Waals surface area contributed by atoms with E-state index < -0.39 is 5.97 Å². The van der Waals surface area contributed by atoms with Crippen LogP contribution in [0.4, 0.5) is 5.69 Å². The molecule has 0 bridgehead atoms. The van der Waals surface area contributed by atoms with E-state index in [0.717, 1.165) is 36.8 Å². The molecule has 2 atom stereocenters. The molecule has 1 saturated carbocycles. The van der Waals surface area contributed by atoms with Gasteiger partial charge >= 0.3 is 5.97 Å². The number of pyridine rings is 1. The highest BCUT2D eigenvalue weighted by molar-refractivity contribution is 7.12. The molecule has 2 aliphatic rings. The maximum Gasteiger partial charge on any atom is 0.339 e. The molecule has 196 valence electrons. The van der Waals surface area contributed by atoms with Crippen molar-refractivity contribution < 1.29 is 23.9 Å². The van der Waals surface area contributed by atoms with Crippen LogP contribution in [-0.4, -0.2) is 35.2 Å². The molecule has 2 amide bonds. The van der Waals surface area contributed by atoms with Crippen LogP contribution in [0.25, 0.3) is 22.2 Å². The number of hydrogen-bond donors (Lipinski definition) is 0. The van der Waals surface area contributed by atoms with Crippen molar-refractivity contribution >= 4 is 51.5 Å². The number of carbonyl (C=O) groups excluding carboxylic acids is 4. The van der Waals surface area contributed by atoms with Gasteiger partial charge in [-0.25, -0.2) is 9.78 Å². The van der Waals surface area contributed by atoms with Gasteiger partial charge in [0, 0.05) is 10.9 Å². The van der Waals surface area contributed by atoms with Gasteiger partial charge in [0.15, 0.2) is 6.61 Å². The normalized spacial score (nSPS) is 18.8. The molecule has 1 aliphatic carbocycles. The maximum atomic E-state index is 13.2. The average molecular weight is 539 g/mol. The highest BCUT2D eigenvalue weighted by Crippen LogP contribution is 2.40. The zero-order valence-electron chi connectivity index (χ0n) is 21.4. The third kappa shape index (κ3) is 4.65. The second-order valence-corrected chi connectivity index (χ2v) is 11.1. The number of aryl methyl sites for hydroxylation is 1. The minimum Gasteiger partial charge on any atom is -0.454 e. The molecule has 4 aromatic rings. The number of fused-ring (bicyclic) bond motifs is 2. The van der Waals surface area contributed by atoms with Crippen LogP contribution >= 0.6 is 11.3 Å². The summed E-state index contributed by atoms with van der Waals surface area (Å²) in [5.41, 5.74) is 3.71. The van der Waals surface area contributed by atoms with Gasteiger partial charge in [0.25, 0.3) is 0 Å². The number of rotatable bonds is 6. The van der Waals surface area contributed by atoms with Crippen molar-refractivity contribution in [3.05, 3.63) is 82.0 Å². The van der Waals surface area contributed by atoms with Gasteiger partial charge in [-0.15, -0.1) is 11.3 Å². The van der Waals surface area contributed by atoms with E-state index >= 15 is 0 Å². The van der Waals surface area contributed by atoms with Gasteiger partial charge in [-0.05, 0) is 61.5 Å². The lowest BCUT2D eigenvalue weighted by Gasteiger charge is -2.19. The van der Waals surface area contributed by atoms with Gasteiger partial charge < -0.3 is 4.74 Å². The van der Waals surface area contributed by atoms with Gasteiger partial charge in [0.1, 0.15) is 0 Å². The SMILES string of the molecule is Cc1ccc2nc(-c3ccc(N4C(=O)[C@@H]5CCCC[C@H]5C4=O)cc3)cc(C(=O)OCC(=O)c3cccs3)c2c1. The summed E-state index contributed by atoms with van der Waals surface area (Å²) < 4.78 is 5.42. The number of anilines is 1. The molecule has 39 heavy (non-hydrogen) atoms. The van der Waals surface area contributed by atoms with Gasteiger partial charge in [-0.1, -0.05) is 42.7 Å². The summed E-state index contributed by atoms with van der Waals surface area (Å²) in [6.45, 7) is 1.58. The minimum atomic E-state index is -0.605. The summed E-state index contributed by atoms with van der Waals surface area (Å²) in [4.78, 5) is 58.2. The van der Waals surface area contributed by atoms with Crippen LogP contribution in [0.1, 0.15) is 51.3 Å². The number of Topliss-reactive ketones (excluding diaryl/α,β-unsaturated/α-hetero) is 1. The zero-order chi connectivity index (χ0) is 27.1. The smallest absolute Gasteiger partial charge is 0.339 e. The van der Waals surface area contributed by atoms with Crippen LogP contribution in [-0.2, 0) is 14.3 Å². The van der Waals surface area contributed by atoms with Crippen molar-refractivity contribution in [3.63, 3.8) is 0 Å². The Labute approximate surface area is 229 Å².